The molecule has 1 heterocycles. The van der Waals surface area contributed by atoms with E-state index in [2.05, 4.69) is 15.6 Å². The molecular weight excluding hydrogens is 322 g/mol. The van der Waals surface area contributed by atoms with E-state index >= 15 is 0 Å². The molecule has 1 aromatic carbocycles. The number of hydrogen-bond acceptors (Lipinski definition) is 4. The number of carbonyl (C=O) groups is 2. The Morgan fingerprint density at radius 3 is 2.32 bits per heavy atom. The summed E-state index contributed by atoms with van der Waals surface area (Å²) < 4.78 is 5.51. The maximum absolute atomic E-state index is 11.9. The Morgan fingerprint density at radius 1 is 1.08 bits per heavy atom. The second-order valence-electron chi connectivity index (χ2n) is 5.71. The number of carboxylic acids is 1. The molecule has 0 radical (unpaired) electrons. The molecule has 7 heteroatoms. The monoisotopic (exact) mass is 343 g/mol. The molecule has 25 heavy (non-hydrogen) atoms. The van der Waals surface area contributed by atoms with Crippen LogP contribution in [0.4, 0.5) is 4.79 Å². The number of ether oxygens (including phenoxy) is 1. The number of urea groups is 1. The van der Waals surface area contributed by atoms with Crippen molar-refractivity contribution in [2.75, 3.05) is 0 Å². The number of hydrogen-bond donors (Lipinski definition) is 3. The summed E-state index contributed by atoms with van der Waals surface area (Å²) in [6, 6.07) is 9.62. The number of rotatable bonds is 7. The van der Waals surface area contributed by atoms with Crippen LogP contribution in [0.5, 0.6) is 5.88 Å². The van der Waals surface area contributed by atoms with Gasteiger partial charge in [-0.25, -0.2) is 14.6 Å². The van der Waals surface area contributed by atoms with Crippen molar-refractivity contribution < 1.29 is 19.4 Å². The third-order valence-electron chi connectivity index (χ3n) is 3.26. The fourth-order valence-electron chi connectivity index (χ4n) is 2.06. The van der Waals surface area contributed by atoms with E-state index < -0.39 is 5.97 Å². The smallest absolute Gasteiger partial charge is 0.335 e. The van der Waals surface area contributed by atoms with Crippen LogP contribution in [0.3, 0.4) is 0 Å². The van der Waals surface area contributed by atoms with Crippen LogP contribution in [0, 0.1) is 0 Å². The molecule has 0 bridgehead atoms. The Labute approximate surface area is 146 Å². The van der Waals surface area contributed by atoms with Crippen molar-refractivity contribution in [3.05, 3.63) is 59.3 Å². The molecule has 132 valence electrons. The van der Waals surface area contributed by atoms with E-state index in [9.17, 15) is 9.59 Å². The minimum Gasteiger partial charge on any atom is -0.478 e. The maximum Gasteiger partial charge on any atom is 0.335 e. The first kappa shape index (κ1) is 18.3. The number of benzene rings is 1. The topological polar surface area (TPSA) is 101 Å². The summed E-state index contributed by atoms with van der Waals surface area (Å²) in [5, 5.41) is 14.3. The number of pyridine rings is 1. The Morgan fingerprint density at radius 2 is 1.72 bits per heavy atom. The molecule has 0 aliphatic carbocycles. The average Bonchev–Trinajstić information content (AvgIpc) is 2.58. The fourth-order valence-corrected chi connectivity index (χ4v) is 2.06. The number of carboxylic acid groups (broad SMARTS) is 1. The molecule has 1 aromatic heterocycles. The maximum atomic E-state index is 11.9. The molecule has 0 saturated carbocycles. The van der Waals surface area contributed by atoms with Crippen LogP contribution in [0.1, 0.15) is 35.3 Å². The highest BCUT2D eigenvalue weighted by Crippen LogP contribution is 2.11. The zero-order valence-corrected chi connectivity index (χ0v) is 14.2. The molecule has 0 unspecified atom stereocenters. The molecule has 0 aliphatic rings. The molecule has 0 saturated heterocycles. The highest BCUT2D eigenvalue weighted by atomic mass is 16.5. The number of aromatic carboxylic acids is 1. The van der Waals surface area contributed by atoms with Gasteiger partial charge in [-0.2, -0.15) is 0 Å². The van der Waals surface area contributed by atoms with Crippen LogP contribution in [-0.2, 0) is 13.1 Å². The molecule has 0 atom stereocenters. The summed E-state index contributed by atoms with van der Waals surface area (Å²) in [4.78, 5) is 26.8. The van der Waals surface area contributed by atoms with Gasteiger partial charge in [0.05, 0.1) is 11.7 Å². The third-order valence-corrected chi connectivity index (χ3v) is 3.26. The average molecular weight is 343 g/mol. The quantitative estimate of drug-likeness (QED) is 0.717. The molecular formula is C18H21N3O4. The first-order valence-corrected chi connectivity index (χ1v) is 7.89. The summed E-state index contributed by atoms with van der Waals surface area (Å²) >= 11 is 0. The lowest BCUT2D eigenvalue weighted by Crippen LogP contribution is -2.34. The van der Waals surface area contributed by atoms with Crippen LogP contribution in [0.2, 0.25) is 0 Å². The van der Waals surface area contributed by atoms with E-state index in [4.69, 9.17) is 9.84 Å². The second-order valence-corrected chi connectivity index (χ2v) is 5.71. The summed E-state index contributed by atoms with van der Waals surface area (Å²) in [7, 11) is 0. The van der Waals surface area contributed by atoms with Gasteiger partial charge >= 0.3 is 12.0 Å². The molecule has 7 nitrogen and oxygen atoms in total. The normalized spacial score (nSPS) is 10.4. The summed E-state index contributed by atoms with van der Waals surface area (Å²) in [5.74, 6) is -0.455. The van der Waals surface area contributed by atoms with E-state index in [0.717, 1.165) is 11.1 Å². The Hall–Kier alpha value is -3.09. The van der Waals surface area contributed by atoms with Crippen molar-refractivity contribution in [1.29, 1.82) is 0 Å². The van der Waals surface area contributed by atoms with Gasteiger partial charge in [-0.3, -0.25) is 0 Å². The fraction of sp³-hybridized carbons (Fsp3) is 0.278. The van der Waals surface area contributed by atoms with Crippen LogP contribution < -0.4 is 15.4 Å². The second kappa shape index (κ2) is 8.68. The Kier molecular flexibility index (Phi) is 6.33. The zero-order valence-electron chi connectivity index (χ0n) is 14.2. The van der Waals surface area contributed by atoms with Crippen LogP contribution >= 0.6 is 0 Å². The molecule has 2 aromatic rings. The summed E-state index contributed by atoms with van der Waals surface area (Å²) in [5.41, 5.74) is 1.91. The van der Waals surface area contributed by atoms with E-state index in [-0.39, 0.29) is 17.7 Å². The lowest BCUT2D eigenvalue weighted by Gasteiger charge is -2.11. The van der Waals surface area contributed by atoms with Gasteiger partial charge in [0.2, 0.25) is 5.88 Å². The van der Waals surface area contributed by atoms with E-state index in [0.29, 0.717) is 19.0 Å². The minimum absolute atomic E-state index is 0.0338. The minimum atomic E-state index is -0.976. The van der Waals surface area contributed by atoms with Crippen molar-refractivity contribution in [3.63, 3.8) is 0 Å². The zero-order chi connectivity index (χ0) is 18.2. The number of nitrogens with one attached hydrogen (secondary N) is 2. The Bertz CT molecular complexity index is 729. The highest BCUT2D eigenvalue weighted by molar-refractivity contribution is 5.87. The predicted molar refractivity (Wildman–Crippen MR) is 92.5 cm³/mol. The summed E-state index contributed by atoms with van der Waals surface area (Å²) in [6.45, 7) is 4.50. The molecule has 2 rings (SSSR count). The number of carbonyl (C=O) groups excluding carboxylic acids is 1. The van der Waals surface area contributed by atoms with Crippen molar-refractivity contribution >= 4 is 12.0 Å². The third kappa shape index (κ3) is 6.14. The van der Waals surface area contributed by atoms with Gasteiger partial charge in [-0.15, -0.1) is 0 Å². The van der Waals surface area contributed by atoms with Crippen molar-refractivity contribution in [3.8, 4) is 5.88 Å². The van der Waals surface area contributed by atoms with Crippen LogP contribution in [0.15, 0.2) is 42.6 Å². The number of aromatic nitrogens is 1. The van der Waals surface area contributed by atoms with Crippen LogP contribution in [0.25, 0.3) is 0 Å². The van der Waals surface area contributed by atoms with Gasteiger partial charge in [-0.1, -0.05) is 12.1 Å². The van der Waals surface area contributed by atoms with Gasteiger partial charge in [-0.05, 0) is 43.2 Å². The molecule has 3 N–H and O–H groups in total. The highest BCUT2D eigenvalue weighted by Gasteiger charge is 2.05. The summed E-state index contributed by atoms with van der Waals surface area (Å²) in [6.07, 6.45) is 1.67. The van der Waals surface area contributed by atoms with E-state index in [1.54, 1.807) is 30.5 Å². The first-order chi connectivity index (χ1) is 11.9. The lowest BCUT2D eigenvalue weighted by molar-refractivity contribution is 0.0697. The van der Waals surface area contributed by atoms with Gasteiger partial charge < -0.3 is 20.5 Å². The molecule has 0 aliphatic heterocycles. The Balaban J connectivity index is 1.79. The molecule has 0 fully saturated rings. The first-order valence-electron chi connectivity index (χ1n) is 7.89. The number of nitrogens with zero attached hydrogens (tertiary/aromatic N) is 1. The SMILES string of the molecule is CC(C)Oc1cc(CNC(=O)NCc2ccc(C(=O)O)cc2)ccn1. The van der Waals surface area contributed by atoms with Crippen molar-refractivity contribution in [1.82, 2.24) is 15.6 Å². The van der Waals surface area contributed by atoms with Gasteiger partial charge in [0.25, 0.3) is 0 Å². The van der Waals surface area contributed by atoms with Crippen LogP contribution in [-0.4, -0.2) is 28.2 Å². The molecule has 2 amide bonds. The standard InChI is InChI=1S/C18H21N3O4/c1-12(2)25-16-9-14(7-8-19-16)11-21-18(24)20-10-13-3-5-15(6-4-13)17(22)23/h3-9,12H,10-11H2,1-2H3,(H,22,23)(H2,20,21,24). The number of amides is 2. The van der Waals surface area contributed by atoms with Gasteiger partial charge in [0.1, 0.15) is 0 Å². The predicted octanol–water partition coefficient (Wildman–Crippen LogP) is 2.57. The molecule has 0 spiro atoms. The van der Waals surface area contributed by atoms with Crippen molar-refractivity contribution in [2.45, 2.75) is 33.0 Å². The van der Waals surface area contributed by atoms with E-state index in [1.807, 2.05) is 13.8 Å². The largest absolute Gasteiger partial charge is 0.478 e. The lowest BCUT2D eigenvalue weighted by atomic mass is 10.1. The van der Waals surface area contributed by atoms with Gasteiger partial charge in [0, 0.05) is 25.4 Å². The van der Waals surface area contributed by atoms with Crippen molar-refractivity contribution in [2.24, 2.45) is 0 Å². The van der Waals surface area contributed by atoms with E-state index in [1.165, 1.54) is 12.1 Å². The van der Waals surface area contributed by atoms with Gasteiger partial charge in [0.15, 0.2) is 0 Å².